The molecule has 3 aliphatic carbocycles. The quantitative estimate of drug-likeness (QED) is 0.784. The Bertz CT molecular complexity index is 805. The number of fused-ring (bicyclic) bond motifs is 5. The Labute approximate surface area is 133 Å². The van der Waals surface area contributed by atoms with Crippen LogP contribution in [0.5, 0.6) is 0 Å². The minimum atomic E-state index is -1.54. The van der Waals surface area contributed by atoms with Crippen LogP contribution >= 0.6 is 11.6 Å². The van der Waals surface area contributed by atoms with Crippen molar-refractivity contribution in [3.63, 3.8) is 0 Å². The number of halogens is 1. The van der Waals surface area contributed by atoms with E-state index in [0.29, 0.717) is 11.2 Å². The average molecular weight is 310 g/mol. The molecule has 1 aromatic heterocycles. The summed E-state index contributed by atoms with van der Waals surface area (Å²) in [4.78, 5) is 4.32. The molecule has 3 nitrogen and oxygen atoms in total. The molecule has 0 aromatic carbocycles. The Morgan fingerprint density at radius 1 is 1.18 bits per heavy atom. The maximum Gasteiger partial charge on any atom is 0.490 e. The topological polar surface area (TPSA) is 53.4 Å². The number of aromatic nitrogens is 1. The Balaban J connectivity index is 1.97. The predicted molar refractivity (Wildman–Crippen MR) is 88.5 cm³/mol. The Hall–Kier alpha value is -1.88. The molecule has 2 atom stereocenters. The van der Waals surface area contributed by atoms with Crippen LogP contribution in [0.25, 0.3) is 11.0 Å². The molecule has 5 heteroatoms. The van der Waals surface area contributed by atoms with E-state index in [1.807, 2.05) is 42.5 Å². The lowest BCUT2D eigenvalue weighted by Crippen LogP contribution is -2.27. The van der Waals surface area contributed by atoms with Gasteiger partial charge in [-0.3, -0.25) is 4.98 Å². The van der Waals surface area contributed by atoms with E-state index in [9.17, 15) is 10.0 Å². The van der Waals surface area contributed by atoms with E-state index in [-0.39, 0.29) is 11.8 Å². The molecule has 0 amide bonds. The van der Waals surface area contributed by atoms with Crippen LogP contribution in [0.3, 0.4) is 0 Å². The fourth-order valence-corrected chi connectivity index (χ4v) is 3.73. The number of pyridine rings is 1. The van der Waals surface area contributed by atoms with Crippen LogP contribution in [0.1, 0.15) is 11.3 Å². The van der Waals surface area contributed by atoms with Crippen LogP contribution in [0, 0.1) is 11.8 Å². The summed E-state index contributed by atoms with van der Waals surface area (Å²) in [6.45, 7) is 0. The maximum atomic E-state index is 9.72. The molecular formula is C17H13BClNO2. The van der Waals surface area contributed by atoms with Gasteiger partial charge in [-0.2, -0.15) is 0 Å². The van der Waals surface area contributed by atoms with Gasteiger partial charge in [-0.05, 0) is 23.3 Å². The molecule has 0 saturated heterocycles. The summed E-state index contributed by atoms with van der Waals surface area (Å²) >= 11 is 6.45. The largest absolute Gasteiger partial charge is 0.490 e. The summed E-state index contributed by atoms with van der Waals surface area (Å²) in [5, 5.41) is 20.2. The second-order valence-electron chi connectivity index (χ2n) is 5.59. The van der Waals surface area contributed by atoms with Gasteiger partial charge in [0.15, 0.2) is 0 Å². The summed E-state index contributed by atoms with van der Waals surface area (Å²) in [5.41, 5.74) is 4.12. The third kappa shape index (κ3) is 1.96. The van der Waals surface area contributed by atoms with Crippen molar-refractivity contribution in [2.75, 3.05) is 0 Å². The van der Waals surface area contributed by atoms with Crippen LogP contribution in [-0.4, -0.2) is 22.2 Å². The van der Waals surface area contributed by atoms with Crippen LogP contribution in [0.15, 0.2) is 65.4 Å². The zero-order valence-corrected chi connectivity index (χ0v) is 12.4. The second-order valence-corrected chi connectivity index (χ2v) is 6.00. The number of hydrogen-bond donors (Lipinski definition) is 2. The molecule has 0 aliphatic heterocycles. The molecule has 0 radical (unpaired) electrons. The van der Waals surface area contributed by atoms with Crippen molar-refractivity contribution in [1.29, 1.82) is 0 Å². The molecule has 1 heterocycles. The second kappa shape index (κ2) is 5.09. The first kappa shape index (κ1) is 13.8. The normalized spacial score (nSPS) is 25.0. The van der Waals surface area contributed by atoms with E-state index in [1.54, 1.807) is 6.20 Å². The molecule has 0 bridgehead atoms. The summed E-state index contributed by atoms with van der Waals surface area (Å²) in [5.74, 6) is 0.145. The number of hydrogen-bond acceptors (Lipinski definition) is 3. The Morgan fingerprint density at radius 3 is 2.86 bits per heavy atom. The molecule has 3 aliphatic rings. The zero-order chi connectivity index (χ0) is 15.3. The van der Waals surface area contributed by atoms with Crippen LogP contribution < -0.4 is 0 Å². The lowest BCUT2D eigenvalue weighted by molar-refractivity contribution is 0.426. The van der Waals surface area contributed by atoms with Crippen molar-refractivity contribution < 1.29 is 10.0 Å². The third-order valence-electron chi connectivity index (χ3n) is 4.40. The molecule has 108 valence electrons. The van der Waals surface area contributed by atoms with Crippen molar-refractivity contribution in [2.45, 2.75) is 0 Å². The number of nitrogens with zero attached hydrogens (tertiary/aromatic N) is 1. The summed E-state index contributed by atoms with van der Waals surface area (Å²) in [7, 11) is -1.54. The first-order chi connectivity index (χ1) is 10.7. The summed E-state index contributed by atoms with van der Waals surface area (Å²) in [6.07, 6.45) is 13.6. The van der Waals surface area contributed by atoms with Gasteiger partial charge in [-0.15, -0.1) is 0 Å². The highest BCUT2D eigenvalue weighted by atomic mass is 35.5. The fraction of sp³-hybridized carbons (Fsp3) is 0.118. The Kier molecular flexibility index (Phi) is 3.19. The molecule has 2 unspecified atom stereocenters. The third-order valence-corrected chi connectivity index (χ3v) is 4.73. The van der Waals surface area contributed by atoms with Gasteiger partial charge < -0.3 is 10.0 Å². The van der Waals surface area contributed by atoms with E-state index >= 15 is 0 Å². The number of allylic oxidation sites excluding steroid dienone is 9. The molecule has 1 aromatic rings. The van der Waals surface area contributed by atoms with Gasteiger partial charge in [0.25, 0.3) is 0 Å². The van der Waals surface area contributed by atoms with E-state index < -0.39 is 7.12 Å². The maximum absolute atomic E-state index is 9.72. The van der Waals surface area contributed by atoms with Gasteiger partial charge in [0.2, 0.25) is 0 Å². The lowest BCUT2D eigenvalue weighted by atomic mass is 9.64. The van der Waals surface area contributed by atoms with Crippen LogP contribution in [-0.2, 0) is 0 Å². The molecule has 0 spiro atoms. The molecule has 0 saturated carbocycles. The monoisotopic (exact) mass is 309 g/mol. The van der Waals surface area contributed by atoms with E-state index in [4.69, 9.17) is 11.6 Å². The highest BCUT2D eigenvalue weighted by molar-refractivity contribution is 6.66. The molecular weight excluding hydrogens is 296 g/mol. The van der Waals surface area contributed by atoms with E-state index in [1.165, 1.54) is 0 Å². The van der Waals surface area contributed by atoms with Gasteiger partial charge in [0.05, 0.1) is 5.69 Å². The minimum absolute atomic E-state index is 0.0344. The predicted octanol–water partition coefficient (Wildman–Crippen LogP) is 2.74. The molecule has 2 N–H and O–H groups in total. The zero-order valence-electron chi connectivity index (χ0n) is 11.6. The van der Waals surface area contributed by atoms with Gasteiger partial charge >= 0.3 is 7.12 Å². The van der Waals surface area contributed by atoms with Crippen molar-refractivity contribution in [3.8, 4) is 0 Å². The van der Waals surface area contributed by atoms with Gasteiger partial charge in [-0.25, -0.2) is 0 Å². The Morgan fingerprint density at radius 2 is 2.05 bits per heavy atom. The first-order valence-electron chi connectivity index (χ1n) is 7.16. The smallest absolute Gasteiger partial charge is 0.423 e. The van der Waals surface area contributed by atoms with Crippen molar-refractivity contribution in [2.24, 2.45) is 11.8 Å². The van der Waals surface area contributed by atoms with Gasteiger partial charge in [0.1, 0.15) is 0 Å². The first-order valence-corrected chi connectivity index (χ1v) is 7.54. The SMILES string of the molecule is OB(O)C1=CC2C(=CC(Cl)=C3C=CC=CC32)c2cccnc21. The summed E-state index contributed by atoms with van der Waals surface area (Å²) in [6, 6.07) is 3.81. The average Bonchev–Trinajstić information content (AvgIpc) is 2.54. The highest BCUT2D eigenvalue weighted by Crippen LogP contribution is 2.48. The minimum Gasteiger partial charge on any atom is -0.423 e. The highest BCUT2D eigenvalue weighted by Gasteiger charge is 2.37. The van der Waals surface area contributed by atoms with Crippen molar-refractivity contribution >= 4 is 29.8 Å². The van der Waals surface area contributed by atoms with Crippen molar-refractivity contribution in [1.82, 2.24) is 4.98 Å². The van der Waals surface area contributed by atoms with Crippen molar-refractivity contribution in [3.05, 3.63) is 76.6 Å². The van der Waals surface area contributed by atoms with Crippen LogP contribution in [0.2, 0.25) is 0 Å². The van der Waals surface area contributed by atoms with E-state index in [2.05, 4.69) is 11.1 Å². The molecule has 4 rings (SSSR count). The van der Waals surface area contributed by atoms with Crippen LogP contribution in [0.4, 0.5) is 0 Å². The molecule has 22 heavy (non-hydrogen) atoms. The standard InChI is InChI=1S/C17H13BClNO2/c19-16-9-14-12-6-3-7-20-17(12)15(18(21)22)8-13(14)10-4-1-2-5-11(10)16/h1-10,13,21-22H. The van der Waals surface area contributed by atoms with Gasteiger partial charge in [0, 0.05) is 34.1 Å². The lowest BCUT2D eigenvalue weighted by Gasteiger charge is -2.35. The molecule has 0 fully saturated rings. The van der Waals surface area contributed by atoms with Gasteiger partial charge in [-0.1, -0.05) is 48.0 Å². The fourth-order valence-electron chi connectivity index (χ4n) is 3.42. The van der Waals surface area contributed by atoms with E-state index in [0.717, 1.165) is 21.7 Å². The number of rotatable bonds is 1. The summed E-state index contributed by atoms with van der Waals surface area (Å²) < 4.78 is 0.